The molecule has 0 spiro atoms. The van der Waals surface area contributed by atoms with Crippen molar-refractivity contribution in [1.82, 2.24) is 5.32 Å². The molecule has 0 aromatic heterocycles. The first-order valence-corrected chi connectivity index (χ1v) is 12.2. The number of amides is 1. The van der Waals surface area contributed by atoms with Crippen LogP contribution in [-0.2, 0) is 17.6 Å². The molecular formula is C29H32N2O6. The SMILES string of the molecule is COc1cc2c(c(OC)c1OC)-c1ccc(NCCc3ccc(O)cc3)c(=O)cc1C(NC(C)=O)CC2. The molecule has 0 radical (unpaired) electrons. The van der Waals surface area contributed by atoms with Crippen LogP contribution in [0.2, 0.25) is 0 Å². The summed E-state index contributed by atoms with van der Waals surface area (Å²) in [5.41, 5.74) is 4.61. The summed E-state index contributed by atoms with van der Waals surface area (Å²) >= 11 is 0. The molecule has 1 atom stereocenters. The maximum Gasteiger partial charge on any atom is 0.217 e. The Balaban J connectivity index is 1.81. The highest BCUT2D eigenvalue weighted by atomic mass is 16.5. The molecule has 1 aliphatic rings. The van der Waals surface area contributed by atoms with Crippen LogP contribution < -0.4 is 30.3 Å². The molecule has 1 amide bonds. The van der Waals surface area contributed by atoms with Crippen molar-refractivity contribution in [2.75, 3.05) is 33.2 Å². The monoisotopic (exact) mass is 504 g/mol. The van der Waals surface area contributed by atoms with E-state index in [-0.39, 0.29) is 23.1 Å². The van der Waals surface area contributed by atoms with Gasteiger partial charge in [0, 0.05) is 19.0 Å². The highest BCUT2D eigenvalue weighted by Crippen LogP contribution is 2.50. The molecule has 0 saturated carbocycles. The minimum Gasteiger partial charge on any atom is -0.508 e. The Morgan fingerprint density at radius 1 is 1.00 bits per heavy atom. The Hall–Kier alpha value is -4.20. The van der Waals surface area contributed by atoms with E-state index in [1.54, 1.807) is 45.6 Å². The van der Waals surface area contributed by atoms with Crippen LogP contribution in [0.3, 0.4) is 0 Å². The Morgan fingerprint density at radius 2 is 1.73 bits per heavy atom. The van der Waals surface area contributed by atoms with Gasteiger partial charge in [0.1, 0.15) is 5.75 Å². The highest BCUT2D eigenvalue weighted by molar-refractivity contribution is 5.83. The quantitative estimate of drug-likeness (QED) is 0.422. The van der Waals surface area contributed by atoms with Crippen LogP contribution in [0.15, 0.2) is 53.3 Å². The largest absolute Gasteiger partial charge is 0.508 e. The Kier molecular flexibility index (Phi) is 7.86. The number of aromatic hydroxyl groups is 1. The third-order valence-corrected chi connectivity index (χ3v) is 6.58. The zero-order valence-electron chi connectivity index (χ0n) is 21.5. The molecule has 194 valence electrons. The minimum atomic E-state index is -0.355. The summed E-state index contributed by atoms with van der Waals surface area (Å²) in [5, 5.41) is 15.7. The molecule has 37 heavy (non-hydrogen) atoms. The Bertz CT molecular complexity index is 1350. The first-order chi connectivity index (χ1) is 17.9. The van der Waals surface area contributed by atoms with E-state index in [0.717, 1.165) is 27.8 Å². The lowest BCUT2D eigenvalue weighted by atomic mass is 9.95. The maximum absolute atomic E-state index is 13.3. The molecule has 0 bridgehead atoms. The summed E-state index contributed by atoms with van der Waals surface area (Å²) in [6, 6.07) is 13.8. The van der Waals surface area contributed by atoms with Crippen molar-refractivity contribution >= 4 is 11.6 Å². The number of hydrogen-bond acceptors (Lipinski definition) is 7. The molecule has 8 heteroatoms. The summed E-state index contributed by atoms with van der Waals surface area (Å²) < 4.78 is 17.0. The van der Waals surface area contributed by atoms with Crippen LogP contribution in [0.25, 0.3) is 11.1 Å². The van der Waals surface area contributed by atoms with Crippen LogP contribution >= 0.6 is 0 Å². The smallest absolute Gasteiger partial charge is 0.217 e. The summed E-state index contributed by atoms with van der Waals surface area (Å²) in [7, 11) is 4.71. The molecule has 3 aromatic rings. The topological polar surface area (TPSA) is 106 Å². The lowest BCUT2D eigenvalue weighted by Gasteiger charge is -2.19. The van der Waals surface area contributed by atoms with Crippen LogP contribution in [0.5, 0.6) is 23.0 Å². The molecule has 1 aliphatic carbocycles. The van der Waals surface area contributed by atoms with Crippen LogP contribution in [0, 0.1) is 0 Å². The summed E-state index contributed by atoms with van der Waals surface area (Å²) in [6.45, 7) is 2.01. The molecule has 0 saturated heterocycles. The second-order valence-corrected chi connectivity index (χ2v) is 8.94. The van der Waals surface area contributed by atoms with Crippen molar-refractivity contribution in [2.24, 2.45) is 0 Å². The fourth-order valence-corrected chi connectivity index (χ4v) is 4.86. The number of ether oxygens (including phenoxy) is 3. The average molecular weight is 505 g/mol. The van der Waals surface area contributed by atoms with E-state index in [1.807, 2.05) is 24.3 Å². The number of fused-ring (bicyclic) bond motifs is 3. The van der Waals surface area contributed by atoms with Gasteiger partial charge in [-0.2, -0.15) is 0 Å². The first-order valence-electron chi connectivity index (χ1n) is 12.2. The van der Waals surface area contributed by atoms with E-state index >= 15 is 0 Å². The van der Waals surface area contributed by atoms with E-state index in [2.05, 4.69) is 10.6 Å². The van der Waals surface area contributed by atoms with Gasteiger partial charge in [0.15, 0.2) is 11.5 Å². The lowest BCUT2D eigenvalue weighted by Crippen LogP contribution is -2.26. The fourth-order valence-electron chi connectivity index (χ4n) is 4.86. The van der Waals surface area contributed by atoms with Crippen molar-refractivity contribution in [3.63, 3.8) is 0 Å². The standard InChI is InChI=1S/C29H32N2O6/c1-17(32)31-23-11-7-19-15-26(35-2)28(36-3)29(37-4)27(19)21-10-12-24(25(34)16-22(21)23)30-14-13-18-5-8-20(33)9-6-18/h5-6,8-10,12,15-16,23,33H,7,11,13-14H2,1-4H3,(H,30,34)(H,31,32). The number of rotatable bonds is 8. The summed E-state index contributed by atoms with van der Waals surface area (Å²) in [6.07, 6.45) is 1.92. The van der Waals surface area contributed by atoms with E-state index in [1.165, 1.54) is 6.92 Å². The van der Waals surface area contributed by atoms with Gasteiger partial charge in [-0.25, -0.2) is 0 Å². The number of carbonyl (C=O) groups is 1. The number of aryl methyl sites for hydroxylation is 1. The van der Waals surface area contributed by atoms with Gasteiger partial charge in [-0.15, -0.1) is 0 Å². The van der Waals surface area contributed by atoms with Gasteiger partial charge in [-0.05, 0) is 71.8 Å². The molecule has 4 rings (SSSR count). The molecule has 8 nitrogen and oxygen atoms in total. The first kappa shape index (κ1) is 25.9. The predicted molar refractivity (Wildman–Crippen MR) is 143 cm³/mol. The van der Waals surface area contributed by atoms with Crippen molar-refractivity contribution in [3.05, 3.63) is 75.4 Å². The van der Waals surface area contributed by atoms with E-state index < -0.39 is 0 Å². The summed E-state index contributed by atoms with van der Waals surface area (Å²) in [5.74, 6) is 1.58. The second kappa shape index (κ2) is 11.2. The Morgan fingerprint density at radius 3 is 2.38 bits per heavy atom. The minimum absolute atomic E-state index is 0.171. The number of phenols is 1. The van der Waals surface area contributed by atoms with Gasteiger partial charge in [0.05, 0.1) is 33.1 Å². The highest BCUT2D eigenvalue weighted by Gasteiger charge is 2.29. The van der Waals surface area contributed by atoms with Crippen molar-refractivity contribution in [1.29, 1.82) is 0 Å². The predicted octanol–water partition coefficient (Wildman–Crippen LogP) is 4.22. The number of hydrogen-bond donors (Lipinski definition) is 3. The number of benzene rings is 2. The van der Waals surface area contributed by atoms with Gasteiger partial charge >= 0.3 is 0 Å². The molecule has 0 fully saturated rings. The van der Waals surface area contributed by atoms with E-state index in [4.69, 9.17) is 14.2 Å². The number of carbonyl (C=O) groups excluding carboxylic acids is 1. The number of nitrogens with one attached hydrogen (secondary N) is 2. The number of anilines is 1. The maximum atomic E-state index is 13.3. The third-order valence-electron chi connectivity index (χ3n) is 6.58. The normalized spacial score (nSPS) is 14.0. The van der Waals surface area contributed by atoms with Crippen LogP contribution in [-0.4, -0.2) is 38.9 Å². The zero-order valence-corrected chi connectivity index (χ0v) is 21.5. The van der Waals surface area contributed by atoms with Crippen LogP contribution in [0.4, 0.5) is 5.69 Å². The van der Waals surface area contributed by atoms with Crippen molar-refractivity contribution in [2.45, 2.75) is 32.2 Å². The molecule has 1 unspecified atom stereocenters. The summed E-state index contributed by atoms with van der Waals surface area (Å²) in [4.78, 5) is 25.4. The van der Waals surface area contributed by atoms with E-state index in [9.17, 15) is 14.7 Å². The van der Waals surface area contributed by atoms with Gasteiger partial charge in [-0.3, -0.25) is 9.59 Å². The number of phenolic OH excluding ortho intramolecular Hbond substituents is 1. The molecule has 0 heterocycles. The molecular weight excluding hydrogens is 472 g/mol. The van der Waals surface area contributed by atoms with Crippen LogP contribution in [0.1, 0.15) is 36.1 Å². The van der Waals surface area contributed by atoms with Crippen molar-refractivity contribution < 1.29 is 24.1 Å². The average Bonchev–Trinajstić information content (AvgIpc) is 3.13. The zero-order chi connectivity index (χ0) is 26.5. The van der Waals surface area contributed by atoms with E-state index in [0.29, 0.717) is 48.7 Å². The van der Waals surface area contributed by atoms with Gasteiger partial charge in [0.25, 0.3) is 0 Å². The van der Waals surface area contributed by atoms with Gasteiger partial charge < -0.3 is 30.0 Å². The van der Waals surface area contributed by atoms with Crippen molar-refractivity contribution in [3.8, 4) is 34.1 Å². The molecule has 0 aliphatic heterocycles. The van der Waals surface area contributed by atoms with Gasteiger partial charge in [0.2, 0.25) is 17.1 Å². The Labute approximate surface area is 216 Å². The number of methoxy groups -OCH3 is 3. The lowest BCUT2D eigenvalue weighted by molar-refractivity contribution is -0.119. The second-order valence-electron chi connectivity index (χ2n) is 8.94. The molecule has 3 N–H and O–H groups in total. The third kappa shape index (κ3) is 5.48. The van der Waals surface area contributed by atoms with Gasteiger partial charge in [-0.1, -0.05) is 18.2 Å². The fraction of sp³-hybridized carbons (Fsp3) is 0.310. The molecule has 3 aromatic carbocycles.